The summed E-state index contributed by atoms with van der Waals surface area (Å²) >= 11 is 0. The molecule has 2 nitrogen and oxygen atoms in total. The molecule has 0 aromatic carbocycles. The summed E-state index contributed by atoms with van der Waals surface area (Å²) < 4.78 is 4.91. The van der Waals surface area contributed by atoms with Gasteiger partial charge in [0.1, 0.15) is 6.61 Å². The molecule has 0 fully saturated rings. The lowest BCUT2D eigenvalue weighted by atomic mass is 10.5. The monoisotopic (exact) mass is 125 g/mol. The Kier molecular flexibility index (Phi) is 6.27. The van der Waals surface area contributed by atoms with Gasteiger partial charge in [-0.3, -0.25) is 0 Å². The zero-order valence-electron chi connectivity index (χ0n) is 5.63. The molecule has 9 heavy (non-hydrogen) atoms. The van der Waals surface area contributed by atoms with Crippen molar-refractivity contribution >= 4 is 0 Å². The maximum atomic E-state index is 8.07. The van der Waals surface area contributed by atoms with E-state index in [-0.39, 0.29) is 0 Å². The fourth-order valence-electron chi connectivity index (χ4n) is 0.337. The number of hydrogen-bond acceptors (Lipinski definition) is 2. The second-order valence-corrected chi connectivity index (χ2v) is 1.56. The van der Waals surface area contributed by atoms with Gasteiger partial charge in [0.25, 0.3) is 0 Å². The smallest absolute Gasteiger partial charge is 0.100 e. The van der Waals surface area contributed by atoms with Crippen molar-refractivity contribution in [1.82, 2.24) is 0 Å². The van der Waals surface area contributed by atoms with E-state index in [2.05, 4.69) is 0 Å². The molecule has 0 atom stereocenters. The lowest BCUT2D eigenvalue weighted by Gasteiger charge is -1.91. The van der Waals surface area contributed by atoms with Crippen LogP contribution in [0.25, 0.3) is 0 Å². The molecule has 50 valence electrons. The molecule has 0 unspecified atom stereocenters. The van der Waals surface area contributed by atoms with Gasteiger partial charge in [-0.25, -0.2) is 0 Å². The van der Waals surface area contributed by atoms with Gasteiger partial charge in [0.2, 0.25) is 0 Å². The van der Waals surface area contributed by atoms with Crippen LogP contribution in [0.2, 0.25) is 0 Å². The number of hydrogen-bond donors (Lipinski definition) is 0. The highest BCUT2D eigenvalue weighted by Gasteiger charge is 1.77. The average Bonchev–Trinajstić information content (AvgIpc) is 1.89. The van der Waals surface area contributed by atoms with Crippen LogP contribution in [0.3, 0.4) is 0 Å². The fourth-order valence-corrected chi connectivity index (χ4v) is 0.337. The Morgan fingerprint density at radius 3 is 3.00 bits per heavy atom. The van der Waals surface area contributed by atoms with Gasteiger partial charge in [-0.2, -0.15) is 5.26 Å². The average molecular weight is 125 g/mol. The Hall–Kier alpha value is -0.970. The molecule has 0 aromatic rings. The minimum atomic E-state index is 0.466. The summed E-state index contributed by atoms with van der Waals surface area (Å²) in [6.07, 6.45) is 5.00. The first-order valence-corrected chi connectivity index (χ1v) is 3.05. The van der Waals surface area contributed by atoms with Crippen molar-refractivity contribution in [3.8, 4) is 6.07 Å². The topological polar surface area (TPSA) is 33.0 Å². The van der Waals surface area contributed by atoms with E-state index in [9.17, 15) is 0 Å². The molecule has 2 heteroatoms. The molecule has 0 spiro atoms. The van der Waals surface area contributed by atoms with Gasteiger partial charge in [0, 0.05) is 0 Å². The van der Waals surface area contributed by atoms with Gasteiger partial charge < -0.3 is 4.74 Å². The highest BCUT2D eigenvalue weighted by molar-refractivity contribution is 4.73. The second kappa shape index (κ2) is 7.03. The summed E-state index contributed by atoms with van der Waals surface area (Å²) in [5.74, 6) is 0. The van der Waals surface area contributed by atoms with E-state index in [1.54, 1.807) is 6.26 Å². The van der Waals surface area contributed by atoms with E-state index >= 15 is 0 Å². The van der Waals surface area contributed by atoms with Crippen molar-refractivity contribution < 1.29 is 4.74 Å². The molecule has 0 amide bonds. The molecule has 0 saturated carbocycles. The number of allylic oxidation sites excluding steroid dienone is 1. The van der Waals surface area contributed by atoms with Crippen molar-refractivity contribution in [3.63, 3.8) is 0 Å². The molecule has 0 aliphatic rings. The van der Waals surface area contributed by atoms with Crippen LogP contribution in [-0.2, 0) is 4.74 Å². The van der Waals surface area contributed by atoms with Gasteiger partial charge in [-0.05, 0) is 6.42 Å². The van der Waals surface area contributed by atoms with Crippen LogP contribution >= 0.6 is 0 Å². The van der Waals surface area contributed by atoms with Gasteiger partial charge in [0.15, 0.2) is 0 Å². The van der Waals surface area contributed by atoms with Crippen LogP contribution in [0, 0.1) is 11.3 Å². The molecule has 0 aliphatic heterocycles. The van der Waals surface area contributed by atoms with E-state index in [0.717, 1.165) is 6.42 Å². The Balaban J connectivity index is 2.92. The van der Waals surface area contributed by atoms with E-state index in [1.165, 1.54) is 0 Å². The summed E-state index contributed by atoms with van der Waals surface area (Å²) in [6.45, 7) is 2.54. The van der Waals surface area contributed by atoms with E-state index < -0.39 is 0 Å². The van der Waals surface area contributed by atoms with Gasteiger partial charge in [0.05, 0.1) is 18.8 Å². The maximum Gasteiger partial charge on any atom is 0.100 e. The molecular formula is C7H11NO. The normalized spacial score (nSPS) is 9.33. The molecule has 0 radical (unpaired) electrons. The summed E-state index contributed by atoms with van der Waals surface area (Å²) in [6, 6.07) is 1.99. The quantitative estimate of drug-likeness (QED) is 0.424. The fraction of sp³-hybridized carbons (Fsp3) is 0.571. The van der Waals surface area contributed by atoms with E-state index in [1.807, 2.05) is 19.1 Å². The summed E-state index contributed by atoms with van der Waals surface area (Å²) in [4.78, 5) is 0. The van der Waals surface area contributed by atoms with Crippen LogP contribution in [0.5, 0.6) is 0 Å². The SMILES string of the molecule is CCC=COCCC#N. The zero-order chi connectivity index (χ0) is 6.95. The highest BCUT2D eigenvalue weighted by Crippen LogP contribution is 1.83. The summed E-state index contributed by atoms with van der Waals surface area (Å²) in [5, 5.41) is 8.07. The first-order chi connectivity index (χ1) is 4.41. The molecule has 0 N–H and O–H groups in total. The molecule has 0 rings (SSSR count). The minimum absolute atomic E-state index is 0.466. The number of nitriles is 1. The van der Waals surface area contributed by atoms with Gasteiger partial charge in [-0.1, -0.05) is 13.0 Å². The third-order valence-corrected chi connectivity index (χ3v) is 0.760. The van der Waals surface area contributed by atoms with Crippen LogP contribution in [0.15, 0.2) is 12.3 Å². The van der Waals surface area contributed by atoms with Crippen molar-refractivity contribution in [2.45, 2.75) is 19.8 Å². The highest BCUT2D eigenvalue weighted by atomic mass is 16.5. The Bertz CT molecular complexity index is 113. The minimum Gasteiger partial charge on any atom is -0.500 e. The second-order valence-electron chi connectivity index (χ2n) is 1.56. The number of nitrogens with zero attached hydrogens (tertiary/aromatic N) is 1. The number of rotatable bonds is 4. The summed E-state index contributed by atoms with van der Waals surface area (Å²) in [7, 11) is 0. The van der Waals surface area contributed by atoms with Crippen LogP contribution in [0.4, 0.5) is 0 Å². The van der Waals surface area contributed by atoms with Crippen LogP contribution in [0.1, 0.15) is 19.8 Å². The number of ether oxygens (including phenoxy) is 1. The van der Waals surface area contributed by atoms with Crippen LogP contribution < -0.4 is 0 Å². The molecule has 0 bridgehead atoms. The lowest BCUT2D eigenvalue weighted by molar-refractivity contribution is 0.256. The molecule has 0 aromatic heterocycles. The molecule has 0 heterocycles. The Labute approximate surface area is 55.7 Å². The third-order valence-electron chi connectivity index (χ3n) is 0.760. The van der Waals surface area contributed by atoms with Crippen molar-refractivity contribution in [3.05, 3.63) is 12.3 Å². The van der Waals surface area contributed by atoms with Gasteiger partial charge in [-0.15, -0.1) is 0 Å². The predicted octanol–water partition coefficient (Wildman–Crippen LogP) is 1.84. The molecular weight excluding hydrogens is 114 g/mol. The van der Waals surface area contributed by atoms with Crippen LogP contribution in [-0.4, -0.2) is 6.61 Å². The van der Waals surface area contributed by atoms with Gasteiger partial charge >= 0.3 is 0 Å². The largest absolute Gasteiger partial charge is 0.500 e. The van der Waals surface area contributed by atoms with Crippen molar-refractivity contribution in [1.29, 1.82) is 5.26 Å². The first-order valence-electron chi connectivity index (χ1n) is 3.05. The van der Waals surface area contributed by atoms with E-state index in [4.69, 9.17) is 10.00 Å². The van der Waals surface area contributed by atoms with Crippen molar-refractivity contribution in [2.75, 3.05) is 6.61 Å². The molecule has 0 aliphatic carbocycles. The molecule has 0 saturated heterocycles. The standard InChI is InChI=1S/C7H11NO/c1-2-3-6-9-7-4-5-8/h3,6H,2,4,7H2,1H3. The Morgan fingerprint density at radius 2 is 2.44 bits per heavy atom. The predicted molar refractivity (Wildman–Crippen MR) is 35.6 cm³/mol. The summed E-state index contributed by atoms with van der Waals surface area (Å²) in [5.41, 5.74) is 0. The zero-order valence-corrected chi connectivity index (χ0v) is 5.63. The third kappa shape index (κ3) is 7.03. The maximum absolute atomic E-state index is 8.07. The lowest BCUT2D eigenvalue weighted by Crippen LogP contribution is -1.82. The van der Waals surface area contributed by atoms with E-state index in [0.29, 0.717) is 13.0 Å². The first kappa shape index (κ1) is 8.03. The Morgan fingerprint density at radius 1 is 1.67 bits per heavy atom. The van der Waals surface area contributed by atoms with Crippen molar-refractivity contribution in [2.24, 2.45) is 0 Å².